The van der Waals surface area contributed by atoms with E-state index in [4.69, 9.17) is 32.9 Å². The largest absolute Gasteiger partial charge is 0.483 e. The number of ether oxygens (including phenoxy) is 3. The van der Waals surface area contributed by atoms with Crippen LogP contribution in [0.1, 0.15) is 31.0 Å². The van der Waals surface area contributed by atoms with E-state index < -0.39 is 17.9 Å². The normalized spacial score (nSPS) is 14.7. The predicted molar refractivity (Wildman–Crippen MR) is 157 cm³/mol. The van der Waals surface area contributed by atoms with Gasteiger partial charge >= 0.3 is 5.97 Å². The number of rotatable bonds is 10. The number of para-hydroxylation sites is 1. The molecule has 4 rings (SSSR count). The van der Waals surface area contributed by atoms with Crippen LogP contribution in [0.5, 0.6) is 11.5 Å². The number of fused-ring (bicyclic) bond motifs is 1. The molecule has 204 valence electrons. The molecule has 0 saturated carbocycles. The Bertz CT molecular complexity index is 1540. The number of amides is 1. The van der Waals surface area contributed by atoms with Crippen LogP contribution in [-0.4, -0.2) is 43.0 Å². The summed E-state index contributed by atoms with van der Waals surface area (Å²) < 4.78 is 16.8. The Morgan fingerprint density at radius 1 is 1.10 bits per heavy atom. The highest BCUT2D eigenvalue weighted by molar-refractivity contribution is 7.80. The van der Waals surface area contributed by atoms with Gasteiger partial charge in [-0.2, -0.15) is 5.10 Å². The molecule has 40 heavy (non-hydrogen) atoms. The second-order valence-electron chi connectivity index (χ2n) is 8.60. The Kier molecular flexibility index (Phi) is 9.33. The minimum absolute atomic E-state index is 0.0992. The van der Waals surface area contributed by atoms with Gasteiger partial charge in [-0.05, 0) is 49.0 Å². The van der Waals surface area contributed by atoms with Gasteiger partial charge in [-0.15, -0.1) is 6.42 Å². The third-order valence-corrected chi connectivity index (χ3v) is 6.20. The highest BCUT2D eigenvalue weighted by Crippen LogP contribution is 2.33. The van der Waals surface area contributed by atoms with Crippen molar-refractivity contribution in [2.75, 3.05) is 19.8 Å². The molecule has 10 heteroatoms. The van der Waals surface area contributed by atoms with Crippen molar-refractivity contribution in [3.63, 3.8) is 0 Å². The average Bonchev–Trinajstić information content (AvgIpc) is 2.95. The fourth-order valence-corrected chi connectivity index (χ4v) is 4.53. The molecule has 0 aromatic heterocycles. The maximum absolute atomic E-state index is 12.7. The number of hydrogen-bond acceptors (Lipinski definition) is 7. The van der Waals surface area contributed by atoms with Gasteiger partial charge in [0.25, 0.3) is 5.91 Å². The number of carbonyl (C=O) groups is 2. The van der Waals surface area contributed by atoms with Gasteiger partial charge in [-0.25, -0.2) is 10.2 Å². The summed E-state index contributed by atoms with van der Waals surface area (Å²) in [6.07, 6.45) is 6.86. The van der Waals surface area contributed by atoms with Gasteiger partial charge in [-0.1, -0.05) is 54.5 Å². The number of hydrogen-bond donors (Lipinski definition) is 3. The molecule has 1 aliphatic heterocycles. The standard InChI is InChI=1S/C30H28N4O5S/c1-4-16-38-25-15-14-20-10-6-7-11-21(20)23(25)17-31-34-26(35)18-39-24-13-9-8-12-22(24)28-27(29(36)37-5-2)19(3)32-30(40)33-28/h1,6-15,17,28H,5,16,18H2,2-3H3,(H,34,35)(H2,32,33,40)/t28-/m0/s1. The van der Waals surface area contributed by atoms with Crippen LogP contribution in [0.2, 0.25) is 0 Å². The van der Waals surface area contributed by atoms with Crippen LogP contribution in [0.4, 0.5) is 0 Å². The third kappa shape index (κ3) is 6.57. The summed E-state index contributed by atoms with van der Waals surface area (Å²) in [5.74, 6) is 2.44. The highest BCUT2D eigenvalue weighted by Gasteiger charge is 2.32. The first-order chi connectivity index (χ1) is 19.4. The van der Waals surface area contributed by atoms with Gasteiger partial charge in [0.15, 0.2) is 11.7 Å². The fourth-order valence-electron chi connectivity index (χ4n) is 4.26. The van der Waals surface area contributed by atoms with Crippen LogP contribution in [0.25, 0.3) is 10.8 Å². The molecule has 0 radical (unpaired) electrons. The number of carbonyl (C=O) groups excluding carboxylic acids is 2. The Morgan fingerprint density at radius 3 is 2.67 bits per heavy atom. The molecule has 1 aliphatic rings. The van der Waals surface area contributed by atoms with Gasteiger partial charge in [0, 0.05) is 16.8 Å². The zero-order valence-corrected chi connectivity index (χ0v) is 22.8. The monoisotopic (exact) mass is 556 g/mol. The van der Waals surface area contributed by atoms with Crippen molar-refractivity contribution in [3.05, 3.63) is 83.1 Å². The summed E-state index contributed by atoms with van der Waals surface area (Å²) >= 11 is 5.32. The zero-order chi connectivity index (χ0) is 28.5. The molecule has 1 heterocycles. The summed E-state index contributed by atoms with van der Waals surface area (Å²) in [6, 6.07) is 17.9. The number of nitrogens with one attached hydrogen (secondary N) is 3. The second-order valence-corrected chi connectivity index (χ2v) is 9.01. The van der Waals surface area contributed by atoms with Gasteiger partial charge in [0.05, 0.1) is 24.4 Å². The van der Waals surface area contributed by atoms with Crippen molar-refractivity contribution in [1.29, 1.82) is 0 Å². The molecule has 0 saturated heterocycles. The molecule has 1 atom stereocenters. The molecule has 0 spiro atoms. The van der Waals surface area contributed by atoms with E-state index in [2.05, 4.69) is 27.1 Å². The first-order valence-electron chi connectivity index (χ1n) is 12.5. The lowest BCUT2D eigenvalue weighted by atomic mass is 9.95. The molecule has 0 unspecified atom stereocenters. The maximum atomic E-state index is 12.7. The summed E-state index contributed by atoms with van der Waals surface area (Å²) in [5, 5.41) is 12.4. The molecule has 3 aromatic carbocycles. The number of benzene rings is 3. The molecule has 0 fully saturated rings. The van der Waals surface area contributed by atoms with Gasteiger partial charge in [0.2, 0.25) is 0 Å². The summed E-state index contributed by atoms with van der Waals surface area (Å²) in [5.41, 5.74) is 4.74. The van der Waals surface area contributed by atoms with Crippen molar-refractivity contribution >= 4 is 46.2 Å². The van der Waals surface area contributed by atoms with E-state index in [1.165, 1.54) is 6.21 Å². The Labute approximate surface area is 237 Å². The number of esters is 1. The predicted octanol–water partition coefficient (Wildman–Crippen LogP) is 3.74. The Hall–Kier alpha value is -4.88. The van der Waals surface area contributed by atoms with E-state index in [1.54, 1.807) is 38.1 Å². The lowest BCUT2D eigenvalue weighted by Crippen LogP contribution is -2.45. The topological polar surface area (TPSA) is 110 Å². The van der Waals surface area contributed by atoms with Crippen molar-refractivity contribution in [2.45, 2.75) is 19.9 Å². The van der Waals surface area contributed by atoms with E-state index in [0.717, 1.165) is 10.8 Å². The van der Waals surface area contributed by atoms with E-state index in [0.29, 0.717) is 39.0 Å². The molecule has 0 bridgehead atoms. The van der Waals surface area contributed by atoms with E-state index >= 15 is 0 Å². The quantitative estimate of drug-likeness (QED) is 0.114. The molecule has 3 N–H and O–H groups in total. The number of terminal acetylenes is 1. The van der Waals surface area contributed by atoms with E-state index in [1.807, 2.05) is 36.4 Å². The minimum Gasteiger partial charge on any atom is -0.483 e. The van der Waals surface area contributed by atoms with Crippen LogP contribution in [0.3, 0.4) is 0 Å². The average molecular weight is 557 g/mol. The van der Waals surface area contributed by atoms with Crippen molar-refractivity contribution in [3.8, 4) is 23.8 Å². The number of hydrazone groups is 1. The van der Waals surface area contributed by atoms with Crippen molar-refractivity contribution < 1.29 is 23.8 Å². The SMILES string of the molecule is C#CCOc1ccc2ccccc2c1C=NNC(=O)COc1ccccc1[C@@H]1NC(=S)NC(C)=C1C(=O)OCC. The zero-order valence-electron chi connectivity index (χ0n) is 22.0. The number of thiocarbonyl (C=S) groups is 1. The van der Waals surface area contributed by atoms with Crippen LogP contribution in [-0.2, 0) is 14.3 Å². The molecular formula is C30H28N4O5S. The lowest BCUT2D eigenvalue weighted by molar-refractivity contribution is -0.139. The highest BCUT2D eigenvalue weighted by atomic mass is 32.1. The third-order valence-electron chi connectivity index (χ3n) is 5.98. The van der Waals surface area contributed by atoms with Gasteiger partial charge in [-0.3, -0.25) is 4.79 Å². The summed E-state index contributed by atoms with van der Waals surface area (Å²) in [7, 11) is 0. The smallest absolute Gasteiger partial charge is 0.338 e. The van der Waals surface area contributed by atoms with Crippen molar-refractivity contribution in [2.24, 2.45) is 5.10 Å². The minimum atomic E-state index is -0.627. The summed E-state index contributed by atoms with van der Waals surface area (Å²) in [6.45, 7) is 3.49. The molecule has 0 aliphatic carbocycles. The van der Waals surface area contributed by atoms with Gasteiger partial charge < -0.3 is 24.8 Å². The number of nitrogens with zero attached hydrogens (tertiary/aromatic N) is 1. The van der Waals surface area contributed by atoms with E-state index in [9.17, 15) is 9.59 Å². The first kappa shape index (κ1) is 28.1. The van der Waals surface area contributed by atoms with Crippen molar-refractivity contribution in [1.82, 2.24) is 16.1 Å². The molecule has 9 nitrogen and oxygen atoms in total. The molecular weight excluding hydrogens is 528 g/mol. The first-order valence-corrected chi connectivity index (χ1v) is 12.9. The van der Waals surface area contributed by atoms with Crippen LogP contribution >= 0.6 is 12.2 Å². The lowest BCUT2D eigenvalue weighted by Gasteiger charge is -2.30. The second kappa shape index (κ2) is 13.3. The fraction of sp³-hybridized carbons (Fsp3) is 0.200. The van der Waals surface area contributed by atoms with E-state index in [-0.39, 0.29) is 19.8 Å². The molecule has 3 aromatic rings. The number of allylic oxidation sites excluding steroid dienone is 1. The van der Waals surface area contributed by atoms with Crippen LogP contribution in [0.15, 0.2) is 77.0 Å². The summed E-state index contributed by atoms with van der Waals surface area (Å²) in [4.78, 5) is 25.4. The molecule has 1 amide bonds. The Balaban J connectivity index is 1.49. The van der Waals surface area contributed by atoms with Gasteiger partial charge in [0.1, 0.15) is 18.1 Å². The van der Waals surface area contributed by atoms with Crippen LogP contribution in [0, 0.1) is 12.3 Å². The van der Waals surface area contributed by atoms with Crippen LogP contribution < -0.4 is 25.5 Å². The Morgan fingerprint density at radius 2 is 1.88 bits per heavy atom. The maximum Gasteiger partial charge on any atom is 0.338 e.